The predicted molar refractivity (Wildman–Crippen MR) is 23.2 cm³/mol. The third kappa shape index (κ3) is 2.13. The average Bonchev–Trinajstić information content (AvgIpc) is 1.65. The molecular weight excluding hydrogens is 96.0 g/mol. The van der Waals surface area contributed by atoms with E-state index in [2.05, 4.69) is 5.73 Å². The number of primary amides is 1. The van der Waals surface area contributed by atoms with Crippen LogP contribution in [0.5, 0.6) is 0 Å². The molecule has 0 saturated carbocycles. The van der Waals surface area contributed by atoms with Crippen LogP contribution in [-0.2, 0) is 4.79 Å². The molecule has 1 unspecified atom stereocenters. The number of amides is 1. The van der Waals surface area contributed by atoms with Crippen molar-refractivity contribution in [1.29, 1.82) is 0 Å². The lowest BCUT2D eigenvalue weighted by molar-refractivity contribution is -0.120. The van der Waals surface area contributed by atoms with Crippen molar-refractivity contribution in [3.63, 3.8) is 0 Å². The molecule has 4 N–H and O–H groups in total. The van der Waals surface area contributed by atoms with Gasteiger partial charge >= 0.3 is 0 Å². The van der Waals surface area contributed by atoms with E-state index < -0.39 is 18.6 Å². The standard InChI is InChI=1S/C3H7N2O2/c4-2(1-6)3(5)7/h2,4,6H,1H2,(H2,5,7). The summed E-state index contributed by atoms with van der Waals surface area (Å²) in [6, 6.07) is -1.15. The second-order valence-electron chi connectivity index (χ2n) is 1.14. The Labute approximate surface area is 41.1 Å². The summed E-state index contributed by atoms with van der Waals surface area (Å²) in [5, 5.41) is 8.02. The van der Waals surface area contributed by atoms with Gasteiger partial charge in [-0.3, -0.25) is 4.79 Å². The Balaban J connectivity index is 3.34. The topological polar surface area (TPSA) is 87.1 Å². The lowest BCUT2D eigenvalue weighted by Gasteiger charge is -1.96. The lowest BCUT2D eigenvalue weighted by Crippen LogP contribution is -2.32. The highest BCUT2D eigenvalue weighted by Gasteiger charge is 2.05. The minimum absolute atomic E-state index is 0.491. The molecule has 0 fully saturated rings. The molecule has 0 heterocycles. The Bertz CT molecular complexity index is 73.3. The fourth-order valence-corrected chi connectivity index (χ4v) is 0.0900. The molecule has 0 rings (SSSR count). The van der Waals surface area contributed by atoms with E-state index in [1.54, 1.807) is 0 Å². The molecule has 0 aromatic rings. The Morgan fingerprint density at radius 2 is 2.43 bits per heavy atom. The largest absolute Gasteiger partial charge is 0.394 e. The molecule has 0 saturated heterocycles. The summed E-state index contributed by atoms with van der Waals surface area (Å²) in [6.07, 6.45) is 0. The molecule has 0 aromatic carbocycles. The fraction of sp³-hybridized carbons (Fsp3) is 0.667. The molecule has 41 valence electrons. The second-order valence-corrected chi connectivity index (χ2v) is 1.14. The summed E-state index contributed by atoms with van der Waals surface area (Å²) in [6.45, 7) is -0.491. The zero-order chi connectivity index (χ0) is 5.86. The van der Waals surface area contributed by atoms with E-state index in [4.69, 9.17) is 10.8 Å². The van der Waals surface area contributed by atoms with Gasteiger partial charge in [0.2, 0.25) is 5.91 Å². The molecular formula is C3H7N2O2. The average molecular weight is 103 g/mol. The van der Waals surface area contributed by atoms with Crippen molar-refractivity contribution in [2.24, 2.45) is 5.73 Å². The number of aliphatic hydroxyl groups is 1. The van der Waals surface area contributed by atoms with Crippen LogP contribution >= 0.6 is 0 Å². The van der Waals surface area contributed by atoms with E-state index in [1.165, 1.54) is 0 Å². The van der Waals surface area contributed by atoms with E-state index in [0.29, 0.717) is 0 Å². The monoisotopic (exact) mass is 103 g/mol. The number of nitrogens with two attached hydrogens (primary N) is 1. The lowest BCUT2D eigenvalue weighted by atomic mass is 10.3. The van der Waals surface area contributed by atoms with Crippen molar-refractivity contribution in [3.8, 4) is 0 Å². The highest BCUT2D eigenvalue weighted by Crippen LogP contribution is 1.71. The molecule has 0 aliphatic carbocycles. The summed E-state index contributed by atoms with van der Waals surface area (Å²) < 4.78 is 0. The first-order chi connectivity index (χ1) is 3.18. The van der Waals surface area contributed by atoms with Crippen LogP contribution in [0, 0.1) is 0 Å². The highest BCUT2D eigenvalue weighted by atomic mass is 16.3. The first kappa shape index (κ1) is 6.39. The summed E-state index contributed by atoms with van der Waals surface area (Å²) in [5.74, 6) is -0.789. The Hall–Kier alpha value is -0.610. The van der Waals surface area contributed by atoms with Gasteiger partial charge < -0.3 is 10.8 Å². The van der Waals surface area contributed by atoms with Crippen molar-refractivity contribution >= 4 is 5.91 Å². The molecule has 0 aliphatic heterocycles. The van der Waals surface area contributed by atoms with Crippen LogP contribution in [0.25, 0.3) is 0 Å². The van der Waals surface area contributed by atoms with Crippen LogP contribution < -0.4 is 11.5 Å². The number of nitrogens with one attached hydrogen (secondary N) is 1. The van der Waals surface area contributed by atoms with E-state index in [0.717, 1.165) is 0 Å². The van der Waals surface area contributed by atoms with E-state index >= 15 is 0 Å². The smallest absolute Gasteiger partial charge is 0.238 e. The summed E-state index contributed by atoms with van der Waals surface area (Å²) in [5.41, 5.74) is 11.1. The fourth-order valence-electron chi connectivity index (χ4n) is 0.0900. The van der Waals surface area contributed by atoms with Gasteiger partial charge in [-0.1, -0.05) is 0 Å². The molecule has 4 heteroatoms. The van der Waals surface area contributed by atoms with Crippen molar-refractivity contribution in [2.45, 2.75) is 6.04 Å². The van der Waals surface area contributed by atoms with E-state index in [-0.39, 0.29) is 0 Å². The predicted octanol–water partition coefficient (Wildman–Crippen LogP) is -1.88. The molecule has 1 radical (unpaired) electrons. The van der Waals surface area contributed by atoms with E-state index in [9.17, 15) is 4.79 Å². The quantitative estimate of drug-likeness (QED) is 0.428. The van der Waals surface area contributed by atoms with Gasteiger partial charge in [0.15, 0.2) is 0 Å². The van der Waals surface area contributed by atoms with Gasteiger partial charge in [-0.25, -0.2) is 5.73 Å². The summed E-state index contributed by atoms with van der Waals surface area (Å²) in [4.78, 5) is 9.81. The number of hydrogen-bond donors (Lipinski definition) is 2. The first-order valence-corrected chi connectivity index (χ1v) is 1.79. The maximum atomic E-state index is 9.81. The number of carbonyl (C=O) groups excluding carboxylic acids is 1. The van der Waals surface area contributed by atoms with Crippen molar-refractivity contribution in [1.82, 2.24) is 5.73 Å². The zero-order valence-corrected chi connectivity index (χ0v) is 3.72. The Morgan fingerprint density at radius 3 is 2.43 bits per heavy atom. The van der Waals surface area contributed by atoms with Crippen molar-refractivity contribution in [3.05, 3.63) is 0 Å². The zero-order valence-electron chi connectivity index (χ0n) is 3.72. The maximum absolute atomic E-state index is 9.81. The van der Waals surface area contributed by atoms with Crippen LogP contribution in [0.2, 0.25) is 0 Å². The Kier molecular flexibility index (Phi) is 2.32. The van der Waals surface area contributed by atoms with Gasteiger partial charge in [0, 0.05) is 0 Å². The van der Waals surface area contributed by atoms with Gasteiger partial charge in [-0.05, 0) is 0 Å². The van der Waals surface area contributed by atoms with Gasteiger partial charge in [-0.2, -0.15) is 0 Å². The second kappa shape index (κ2) is 2.54. The summed E-state index contributed by atoms with van der Waals surface area (Å²) in [7, 11) is 0. The number of rotatable bonds is 2. The summed E-state index contributed by atoms with van der Waals surface area (Å²) >= 11 is 0. The minimum Gasteiger partial charge on any atom is -0.394 e. The molecule has 7 heavy (non-hydrogen) atoms. The van der Waals surface area contributed by atoms with Crippen LogP contribution in [0.3, 0.4) is 0 Å². The molecule has 0 spiro atoms. The van der Waals surface area contributed by atoms with Crippen LogP contribution in [0.1, 0.15) is 0 Å². The number of aliphatic hydroxyl groups excluding tert-OH is 1. The highest BCUT2D eigenvalue weighted by molar-refractivity contribution is 5.79. The van der Waals surface area contributed by atoms with Crippen molar-refractivity contribution in [2.75, 3.05) is 6.61 Å². The minimum atomic E-state index is -1.15. The van der Waals surface area contributed by atoms with Gasteiger partial charge in [0.25, 0.3) is 0 Å². The first-order valence-electron chi connectivity index (χ1n) is 1.79. The Morgan fingerprint density at radius 1 is 2.00 bits per heavy atom. The molecule has 1 amide bonds. The van der Waals surface area contributed by atoms with Crippen LogP contribution in [0.4, 0.5) is 0 Å². The molecule has 0 aliphatic rings. The van der Waals surface area contributed by atoms with Gasteiger partial charge in [0.05, 0.1) is 6.61 Å². The molecule has 1 atom stereocenters. The van der Waals surface area contributed by atoms with Gasteiger partial charge in [0.1, 0.15) is 6.04 Å². The van der Waals surface area contributed by atoms with Crippen LogP contribution in [-0.4, -0.2) is 23.7 Å². The molecule has 4 nitrogen and oxygen atoms in total. The number of carbonyl (C=O) groups is 1. The third-order valence-corrected chi connectivity index (χ3v) is 0.526. The molecule has 0 aromatic heterocycles. The third-order valence-electron chi connectivity index (χ3n) is 0.526. The molecule has 0 bridgehead atoms. The SMILES string of the molecule is [NH]C(CO)C(N)=O. The van der Waals surface area contributed by atoms with Crippen molar-refractivity contribution < 1.29 is 9.90 Å². The van der Waals surface area contributed by atoms with Gasteiger partial charge in [-0.15, -0.1) is 0 Å². The number of hydrogen-bond acceptors (Lipinski definition) is 2. The maximum Gasteiger partial charge on any atom is 0.238 e. The normalized spacial score (nSPS) is 13.4. The van der Waals surface area contributed by atoms with Crippen LogP contribution in [0.15, 0.2) is 0 Å². The van der Waals surface area contributed by atoms with E-state index in [1.807, 2.05) is 0 Å².